The first-order valence-electron chi connectivity index (χ1n) is 4.76. The summed E-state index contributed by atoms with van der Waals surface area (Å²) in [7, 11) is -0.0184. The maximum absolute atomic E-state index is 5.84. The summed E-state index contributed by atoms with van der Waals surface area (Å²) in [5.74, 6) is 0. The highest BCUT2D eigenvalue weighted by Crippen LogP contribution is 2.26. The Morgan fingerprint density at radius 3 is 2.55 bits per heavy atom. The lowest BCUT2D eigenvalue weighted by Gasteiger charge is -2.35. The van der Waals surface area contributed by atoms with Crippen molar-refractivity contribution in [2.45, 2.75) is 50.8 Å². The van der Waals surface area contributed by atoms with Gasteiger partial charge in [-0.25, -0.2) is 0 Å². The average Bonchev–Trinajstić information content (AvgIpc) is 1.85. The fourth-order valence-electron chi connectivity index (χ4n) is 2.02. The van der Waals surface area contributed by atoms with Crippen molar-refractivity contribution in [2.75, 3.05) is 6.61 Å². The van der Waals surface area contributed by atoms with Gasteiger partial charge in [-0.3, -0.25) is 0 Å². The molecule has 66 valence electrons. The van der Waals surface area contributed by atoms with Crippen LogP contribution in [-0.4, -0.2) is 21.4 Å². The Morgan fingerprint density at radius 2 is 2.09 bits per heavy atom. The molecule has 1 unspecified atom stereocenters. The molecule has 1 nitrogen and oxygen atoms in total. The summed E-state index contributed by atoms with van der Waals surface area (Å²) >= 11 is 0. The number of hydrogen-bond acceptors (Lipinski definition) is 1. The van der Waals surface area contributed by atoms with Crippen LogP contribution in [0.4, 0.5) is 0 Å². The van der Waals surface area contributed by atoms with Crippen molar-refractivity contribution in [3.05, 3.63) is 0 Å². The Kier molecular flexibility index (Phi) is 3.13. The second-order valence-corrected chi connectivity index (χ2v) is 7.89. The number of hydrogen-bond donors (Lipinski definition) is 0. The second-order valence-electron chi connectivity index (χ2n) is 4.35. The predicted molar refractivity (Wildman–Crippen MR) is 51.9 cm³/mol. The molecular formula is C9H20OSi. The Balaban J connectivity index is 2.37. The predicted octanol–water partition coefficient (Wildman–Crippen LogP) is 1.90. The fraction of sp³-hybridized carbons (Fsp3) is 1.00. The first-order chi connectivity index (χ1) is 5.12. The van der Waals surface area contributed by atoms with Crippen LogP contribution < -0.4 is 0 Å². The Morgan fingerprint density at radius 1 is 1.36 bits per heavy atom. The summed E-state index contributed by atoms with van der Waals surface area (Å²) < 4.78 is 5.84. The third-order valence-corrected chi connectivity index (χ3v) is 4.63. The zero-order valence-electron chi connectivity index (χ0n) is 8.02. The molecule has 11 heavy (non-hydrogen) atoms. The highest BCUT2D eigenvalue weighted by molar-refractivity contribution is 6.41. The normalized spacial score (nSPS) is 33.8. The molecular weight excluding hydrogens is 152 g/mol. The van der Waals surface area contributed by atoms with Crippen molar-refractivity contribution in [3.63, 3.8) is 0 Å². The van der Waals surface area contributed by atoms with Gasteiger partial charge in [-0.05, 0) is 26.2 Å². The smallest absolute Gasteiger partial charge is 0.0617 e. The molecule has 0 aromatic heterocycles. The molecule has 0 saturated carbocycles. The molecule has 0 spiro atoms. The molecule has 0 amide bonds. The Hall–Kier alpha value is 0.177. The van der Waals surface area contributed by atoms with Crippen LogP contribution in [0.1, 0.15) is 40.0 Å². The first-order valence-corrected chi connectivity index (χ1v) is 6.29. The van der Waals surface area contributed by atoms with Crippen LogP contribution in [-0.2, 0) is 4.74 Å². The quantitative estimate of drug-likeness (QED) is 0.578. The summed E-state index contributed by atoms with van der Waals surface area (Å²) in [6, 6.07) is 0. The highest BCUT2D eigenvalue weighted by Gasteiger charge is 2.28. The Bertz CT molecular complexity index is 117. The minimum atomic E-state index is -0.0184. The van der Waals surface area contributed by atoms with Gasteiger partial charge in [0.2, 0.25) is 0 Å². The van der Waals surface area contributed by atoms with E-state index in [-0.39, 0.29) is 9.52 Å². The van der Waals surface area contributed by atoms with Crippen molar-refractivity contribution >= 4 is 9.52 Å². The first kappa shape index (κ1) is 9.27. The molecule has 1 rings (SSSR count). The lowest BCUT2D eigenvalue weighted by Crippen LogP contribution is -2.40. The van der Waals surface area contributed by atoms with Gasteiger partial charge in [-0.15, -0.1) is 0 Å². The van der Waals surface area contributed by atoms with E-state index in [2.05, 4.69) is 20.8 Å². The van der Waals surface area contributed by atoms with E-state index in [4.69, 9.17) is 4.74 Å². The Labute approximate surface area is 72.3 Å². The molecule has 1 aliphatic rings. The fourth-order valence-corrected chi connectivity index (χ4v) is 4.46. The summed E-state index contributed by atoms with van der Waals surface area (Å²) in [5.41, 5.74) is 0.901. The molecule has 0 radical (unpaired) electrons. The second kappa shape index (κ2) is 3.72. The van der Waals surface area contributed by atoms with Gasteiger partial charge in [0.1, 0.15) is 0 Å². The molecule has 1 heterocycles. The molecule has 0 bridgehead atoms. The number of ether oxygens (including phenoxy) is 1. The van der Waals surface area contributed by atoms with Crippen LogP contribution in [0.2, 0.25) is 5.54 Å². The third kappa shape index (κ3) is 2.95. The molecule has 1 saturated heterocycles. The molecule has 0 N–H and O–H groups in total. The van der Waals surface area contributed by atoms with Crippen LogP contribution in [0.5, 0.6) is 0 Å². The molecule has 1 aliphatic heterocycles. The van der Waals surface area contributed by atoms with Crippen molar-refractivity contribution in [3.8, 4) is 0 Å². The third-order valence-electron chi connectivity index (χ3n) is 2.39. The minimum Gasteiger partial charge on any atom is -0.379 e. The van der Waals surface area contributed by atoms with Gasteiger partial charge >= 0.3 is 0 Å². The topological polar surface area (TPSA) is 9.23 Å². The van der Waals surface area contributed by atoms with Crippen LogP contribution in [0.3, 0.4) is 0 Å². The summed E-state index contributed by atoms with van der Waals surface area (Å²) in [5, 5.41) is 0.340. The van der Waals surface area contributed by atoms with E-state index >= 15 is 0 Å². The van der Waals surface area contributed by atoms with E-state index in [1.165, 1.54) is 19.3 Å². The largest absolute Gasteiger partial charge is 0.379 e. The zero-order chi connectivity index (χ0) is 8.32. The van der Waals surface area contributed by atoms with E-state index in [0.717, 1.165) is 12.1 Å². The summed E-state index contributed by atoms with van der Waals surface area (Å²) in [6.07, 6.45) is 3.98. The van der Waals surface area contributed by atoms with Crippen molar-refractivity contribution in [2.24, 2.45) is 0 Å². The van der Waals surface area contributed by atoms with Crippen LogP contribution in [0, 0.1) is 0 Å². The molecule has 0 aromatic carbocycles. The molecule has 1 fully saturated rings. The van der Waals surface area contributed by atoms with Gasteiger partial charge in [0.05, 0.1) is 9.52 Å². The summed E-state index contributed by atoms with van der Waals surface area (Å²) in [4.78, 5) is 0. The van der Waals surface area contributed by atoms with Crippen molar-refractivity contribution in [1.29, 1.82) is 0 Å². The monoisotopic (exact) mass is 172 g/mol. The van der Waals surface area contributed by atoms with Gasteiger partial charge in [0, 0.05) is 11.8 Å². The van der Waals surface area contributed by atoms with Crippen molar-refractivity contribution < 1.29 is 4.74 Å². The van der Waals surface area contributed by atoms with E-state index < -0.39 is 0 Å². The standard InChI is InChI=1S/C9H20OSi/c1-8(2)11-9(3)6-4-5-7-10-9/h8H,4-7,11H2,1-3H3. The number of rotatable bonds is 2. The van der Waals surface area contributed by atoms with Gasteiger partial charge < -0.3 is 4.74 Å². The van der Waals surface area contributed by atoms with E-state index in [1.807, 2.05) is 0 Å². The highest BCUT2D eigenvalue weighted by atomic mass is 28.2. The summed E-state index contributed by atoms with van der Waals surface area (Å²) in [6.45, 7) is 7.99. The molecule has 0 aliphatic carbocycles. The maximum atomic E-state index is 5.84. The van der Waals surface area contributed by atoms with Gasteiger partial charge in [0.15, 0.2) is 0 Å². The van der Waals surface area contributed by atoms with Crippen LogP contribution >= 0.6 is 0 Å². The minimum absolute atomic E-state index is 0.0184. The van der Waals surface area contributed by atoms with Gasteiger partial charge in [0.25, 0.3) is 0 Å². The van der Waals surface area contributed by atoms with Crippen molar-refractivity contribution in [1.82, 2.24) is 0 Å². The van der Waals surface area contributed by atoms with E-state index in [0.29, 0.717) is 5.22 Å². The van der Waals surface area contributed by atoms with E-state index in [1.54, 1.807) is 0 Å². The lowest BCUT2D eigenvalue weighted by atomic mass is 10.1. The SMILES string of the molecule is CC(C)[SiH2]C1(C)CCCCO1. The van der Waals surface area contributed by atoms with Crippen LogP contribution in [0.25, 0.3) is 0 Å². The van der Waals surface area contributed by atoms with Gasteiger partial charge in [-0.1, -0.05) is 19.4 Å². The van der Waals surface area contributed by atoms with E-state index in [9.17, 15) is 0 Å². The molecule has 2 heteroatoms. The van der Waals surface area contributed by atoms with Crippen LogP contribution in [0.15, 0.2) is 0 Å². The molecule has 0 aromatic rings. The molecule has 1 atom stereocenters. The zero-order valence-corrected chi connectivity index (χ0v) is 9.44. The maximum Gasteiger partial charge on any atom is 0.0617 e. The van der Waals surface area contributed by atoms with Gasteiger partial charge in [-0.2, -0.15) is 0 Å². The lowest BCUT2D eigenvalue weighted by molar-refractivity contribution is -0.00784. The average molecular weight is 172 g/mol.